The Morgan fingerprint density at radius 2 is 1.38 bits per heavy atom. The number of carboxylic acid groups (broad SMARTS) is 1. The van der Waals surface area contributed by atoms with E-state index in [9.17, 15) is 14.7 Å². The molecule has 2 heterocycles. The van der Waals surface area contributed by atoms with Crippen molar-refractivity contribution in [1.29, 1.82) is 0 Å². The van der Waals surface area contributed by atoms with Crippen molar-refractivity contribution in [2.45, 2.75) is 136 Å². The summed E-state index contributed by atoms with van der Waals surface area (Å²) in [6.45, 7) is 13.2. The molecule has 2 aliphatic rings. The van der Waals surface area contributed by atoms with Crippen molar-refractivity contribution in [2.75, 3.05) is 26.3 Å². The molecule has 1 spiro atoms. The van der Waals surface area contributed by atoms with Crippen molar-refractivity contribution in [3.8, 4) is 0 Å². The number of esters is 1. The second kappa shape index (κ2) is 18.3. The summed E-state index contributed by atoms with van der Waals surface area (Å²) in [4.78, 5) is 24.0. The molecular formula is C32H59NO6. The van der Waals surface area contributed by atoms with Crippen molar-refractivity contribution in [3.05, 3.63) is 0 Å². The number of unbranched alkanes of at least 4 members (excludes halogenated alkanes) is 6. The van der Waals surface area contributed by atoms with E-state index in [2.05, 4.69) is 33.0 Å². The molecule has 7 nitrogen and oxygen atoms in total. The second-order valence-corrected chi connectivity index (χ2v) is 12.7. The Morgan fingerprint density at radius 1 is 0.872 bits per heavy atom. The third-order valence-electron chi connectivity index (χ3n) is 9.13. The molecule has 5 atom stereocenters. The molecule has 0 saturated carbocycles. The SMILES string of the molecule is CCCCCCCCC(C)C(OC(C)=O)C(C)CCCCC(C)C(CC1COC2(CCNCC2)OC1)C(=O)O. The van der Waals surface area contributed by atoms with Gasteiger partial charge in [0.2, 0.25) is 0 Å². The maximum Gasteiger partial charge on any atom is 0.306 e. The van der Waals surface area contributed by atoms with Gasteiger partial charge in [-0.3, -0.25) is 9.59 Å². The molecule has 7 heteroatoms. The van der Waals surface area contributed by atoms with Gasteiger partial charge in [-0.05, 0) is 43.4 Å². The maximum absolute atomic E-state index is 12.1. The Hall–Kier alpha value is -1.18. The Bertz CT molecular complexity index is 684. The van der Waals surface area contributed by atoms with Crippen LogP contribution in [0, 0.1) is 29.6 Å². The number of piperidine rings is 1. The first kappa shape index (κ1) is 34.0. The van der Waals surface area contributed by atoms with Gasteiger partial charge in [0.1, 0.15) is 6.10 Å². The molecule has 0 radical (unpaired) electrons. The number of hydrogen-bond donors (Lipinski definition) is 2. The van der Waals surface area contributed by atoms with Crippen LogP contribution in [0.3, 0.4) is 0 Å². The predicted molar refractivity (Wildman–Crippen MR) is 155 cm³/mol. The zero-order chi connectivity index (χ0) is 28.7. The lowest BCUT2D eigenvalue weighted by Gasteiger charge is -2.43. The van der Waals surface area contributed by atoms with Gasteiger partial charge in [-0.2, -0.15) is 0 Å². The van der Waals surface area contributed by atoms with Gasteiger partial charge in [0.15, 0.2) is 5.79 Å². The summed E-state index contributed by atoms with van der Waals surface area (Å²) in [6.07, 6.45) is 14.9. The van der Waals surface area contributed by atoms with Gasteiger partial charge in [-0.1, -0.05) is 79.1 Å². The smallest absolute Gasteiger partial charge is 0.306 e. The normalized spacial score (nSPS) is 21.7. The highest BCUT2D eigenvalue weighted by Crippen LogP contribution is 2.34. The monoisotopic (exact) mass is 553 g/mol. The van der Waals surface area contributed by atoms with Crippen LogP contribution in [0.2, 0.25) is 0 Å². The number of carbonyl (C=O) groups excluding carboxylic acids is 1. The van der Waals surface area contributed by atoms with E-state index < -0.39 is 11.8 Å². The molecule has 0 aromatic carbocycles. The summed E-state index contributed by atoms with van der Waals surface area (Å²) in [5.41, 5.74) is 0. The molecule has 2 N–H and O–H groups in total. The molecule has 0 aromatic heterocycles. The predicted octanol–water partition coefficient (Wildman–Crippen LogP) is 6.97. The van der Waals surface area contributed by atoms with Crippen molar-refractivity contribution in [2.24, 2.45) is 29.6 Å². The fourth-order valence-corrected chi connectivity index (χ4v) is 6.49. The van der Waals surface area contributed by atoms with E-state index in [0.717, 1.165) is 58.0 Å². The van der Waals surface area contributed by atoms with Crippen LogP contribution < -0.4 is 5.32 Å². The molecule has 39 heavy (non-hydrogen) atoms. The minimum atomic E-state index is -0.712. The molecule has 228 valence electrons. The summed E-state index contributed by atoms with van der Waals surface area (Å²) in [5, 5.41) is 13.3. The molecule has 5 unspecified atom stereocenters. The largest absolute Gasteiger partial charge is 0.481 e. The number of nitrogens with one attached hydrogen (secondary N) is 1. The summed E-state index contributed by atoms with van der Waals surface area (Å²) in [7, 11) is 0. The Labute approximate surface area is 238 Å². The van der Waals surface area contributed by atoms with Crippen molar-refractivity contribution in [3.63, 3.8) is 0 Å². The number of ether oxygens (including phenoxy) is 3. The first-order valence-electron chi connectivity index (χ1n) is 16.1. The summed E-state index contributed by atoms with van der Waals surface area (Å²) in [5.74, 6) is -0.859. The van der Waals surface area contributed by atoms with Gasteiger partial charge in [-0.15, -0.1) is 0 Å². The minimum absolute atomic E-state index is 0.0446. The Balaban J connectivity index is 1.73. The lowest BCUT2D eigenvalue weighted by molar-refractivity contribution is -0.293. The van der Waals surface area contributed by atoms with E-state index in [1.807, 2.05) is 0 Å². The average molecular weight is 554 g/mol. The van der Waals surface area contributed by atoms with Crippen LogP contribution in [-0.2, 0) is 23.8 Å². The highest BCUT2D eigenvalue weighted by molar-refractivity contribution is 5.70. The van der Waals surface area contributed by atoms with E-state index in [0.29, 0.717) is 31.5 Å². The van der Waals surface area contributed by atoms with Gasteiger partial charge in [-0.25, -0.2) is 0 Å². The molecule has 2 aliphatic heterocycles. The van der Waals surface area contributed by atoms with E-state index in [-0.39, 0.29) is 29.8 Å². The second-order valence-electron chi connectivity index (χ2n) is 12.7. The van der Waals surface area contributed by atoms with Gasteiger partial charge >= 0.3 is 11.9 Å². The van der Waals surface area contributed by atoms with Crippen molar-refractivity contribution in [1.82, 2.24) is 5.32 Å². The highest BCUT2D eigenvalue weighted by atomic mass is 16.7. The highest BCUT2D eigenvalue weighted by Gasteiger charge is 2.40. The van der Waals surface area contributed by atoms with Gasteiger partial charge in [0.25, 0.3) is 0 Å². The zero-order valence-corrected chi connectivity index (χ0v) is 25.7. The number of carbonyl (C=O) groups is 2. The average Bonchev–Trinajstić information content (AvgIpc) is 2.91. The number of hydrogen-bond acceptors (Lipinski definition) is 6. The molecule has 2 fully saturated rings. The van der Waals surface area contributed by atoms with E-state index in [1.165, 1.54) is 45.4 Å². The van der Waals surface area contributed by atoms with E-state index in [1.54, 1.807) is 0 Å². The molecular weight excluding hydrogens is 494 g/mol. The Morgan fingerprint density at radius 3 is 1.92 bits per heavy atom. The third-order valence-corrected chi connectivity index (χ3v) is 9.13. The molecule has 2 rings (SSSR count). The van der Waals surface area contributed by atoms with Crippen LogP contribution in [0.25, 0.3) is 0 Å². The fraction of sp³-hybridized carbons (Fsp3) is 0.938. The number of carboxylic acids is 1. The Kier molecular flexibility index (Phi) is 16.0. The van der Waals surface area contributed by atoms with Crippen LogP contribution in [0.4, 0.5) is 0 Å². The summed E-state index contributed by atoms with van der Waals surface area (Å²) < 4.78 is 18.1. The van der Waals surface area contributed by atoms with Crippen LogP contribution >= 0.6 is 0 Å². The van der Waals surface area contributed by atoms with E-state index in [4.69, 9.17) is 14.2 Å². The molecule has 0 amide bonds. The van der Waals surface area contributed by atoms with Crippen LogP contribution in [0.5, 0.6) is 0 Å². The molecule has 0 aromatic rings. The molecule has 0 aliphatic carbocycles. The van der Waals surface area contributed by atoms with Crippen LogP contribution in [0.1, 0.15) is 125 Å². The topological polar surface area (TPSA) is 94.1 Å². The van der Waals surface area contributed by atoms with Crippen molar-refractivity contribution >= 4 is 11.9 Å². The first-order chi connectivity index (χ1) is 18.7. The number of aliphatic carboxylic acids is 1. The quantitative estimate of drug-likeness (QED) is 0.132. The first-order valence-corrected chi connectivity index (χ1v) is 16.1. The zero-order valence-electron chi connectivity index (χ0n) is 25.7. The fourth-order valence-electron chi connectivity index (χ4n) is 6.49. The summed E-state index contributed by atoms with van der Waals surface area (Å²) >= 11 is 0. The lowest BCUT2D eigenvalue weighted by atomic mass is 9.81. The maximum atomic E-state index is 12.1. The molecule has 2 saturated heterocycles. The van der Waals surface area contributed by atoms with Gasteiger partial charge < -0.3 is 24.6 Å². The summed E-state index contributed by atoms with van der Waals surface area (Å²) in [6, 6.07) is 0. The minimum Gasteiger partial charge on any atom is -0.481 e. The van der Waals surface area contributed by atoms with Crippen molar-refractivity contribution < 1.29 is 28.9 Å². The van der Waals surface area contributed by atoms with E-state index >= 15 is 0 Å². The van der Waals surface area contributed by atoms with Crippen LogP contribution in [0.15, 0.2) is 0 Å². The lowest BCUT2D eigenvalue weighted by Crippen LogP contribution is -2.51. The van der Waals surface area contributed by atoms with Crippen LogP contribution in [-0.4, -0.2) is 55.2 Å². The third kappa shape index (κ3) is 12.5. The van der Waals surface area contributed by atoms with Gasteiger partial charge in [0.05, 0.1) is 19.1 Å². The number of rotatable bonds is 19. The molecule has 0 bridgehead atoms. The van der Waals surface area contributed by atoms with Gasteiger partial charge in [0, 0.05) is 38.8 Å². The standard InChI is InChI=1S/C32H59NO6/c1-6-7-8-9-10-11-15-25(3)30(39-27(5)34)26(4)16-13-12-14-24(2)29(31(35)36)21-28-22-37-32(38-23-28)17-19-33-20-18-32/h24-26,28-30,33H,6-23H2,1-5H3,(H,35,36).